The smallest absolute Gasteiger partial charge is 0.490 e. The molecule has 0 aromatic heterocycles. The fourth-order valence-corrected chi connectivity index (χ4v) is 7.20. The number of nitrogens with one attached hydrogen (secondary N) is 1. The molecule has 3 amide bonds. The number of carbonyl (C=O) groups excluding carboxylic acids is 5. The van der Waals surface area contributed by atoms with E-state index in [0.29, 0.717) is 36.8 Å². The molecule has 0 aliphatic carbocycles. The third kappa shape index (κ3) is 18.0. The number of carbonyl (C=O) groups is 5. The molecule has 0 heterocycles. The molecule has 0 aliphatic rings. The zero-order chi connectivity index (χ0) is 46.1. The Labute approximate surface area is 353 Å². The Morgan fingerprint density at radius 1 is 0.629 bits per heavy atom. The molecule has 0 bridgehead atoms. The van der Waals surface area contributed by atoms with Crippen LogP contribution in [-0.2, 0) is 35.6 Å². The lowest BCUT2D eigenvalue weighted by atomic mass is 10.0. The number of unbranched alkanes of at least 4 members (excludes halogenated alkanes) is 2. The van der Waals surface area contributed by atoms with Crippen molar-refractivity contribution in [1.29, 1.82) is 0 Å². The maximum absolute atomic E-state index is 12.9. The van der Waals surface area contributed by atoms with Crippen molar-refractivity contribution in [3.63, 3.8) is 0 Å². The number of allylic oxidation sites excluding steroid dienone is 2. The number of nitrogens with two attached hydrogens (primary N) is 2. The Hall–Kier alpha value is -6.48. The number of hydrogen-bond donors (Lipinski definition) is 3. The predicted octanol–water partition coefficient (Wildman–Crippen LogP) is 6.72. The van der Waals surface area contributed by atoms with E-state index in [1.54, 1.807) is 5.32 Å². The molecular weight excluding hydrogens is 883 g/mol. The van der Waals surface area contributed by atoms with Crippen molar-refractivity contribution < 1.29 is 88.3 Å². The third-order valence-electron chi connectivity index (χ3n) is 7.77. The first kappa shape index (κ1) is 49.9. The minimum atomic E-state index is -5.94. The fourth-order valence-electron chi connectivity index (χ4n) is 5.17. The van der Waals surface area contributed by atoms with Gasteiger partial charge in [-0.3, -0.25) is 5.32 Å². The summed E-state index contributed by atoms with van der Waals surface area (Å²) in [5, 5.41) is 23.0. The van der Waals surface area contributed by atoms with Gasteiger partial charge in [-0.15, -0.1) is 0 Å². The van der Waals surface area contributed by atoms with Crippen molar-refractivity contribution in [2.75, 3.05) is 5.32 Å². The van der Waals surface area contributed by atoms with Crippen molar-refractivity contribution in [3.05, 3.63) is 108 Å². The first-order chi connectivity index (χ1) is 29.0. The van der Waals surface area contributed by atoms with Crippen LogP contribution in [0.3, 0.4) is 0 Å². The molecule has 62 heavy (non-hydrogen) atoms. The zero-order valence-corrected chi connectivity index (χ0v) is 33.5. The predicted molar refractivity (Wildman–Crippen MR) is 204 cm³/mol. The first-order valence-corrected chi connectivity index (χ1v) is 20.4. The van der Waals surface area contributed by atoms with Gasteiger partial charge in [0.2, 0.25) is 0 Å². The average Bonchev–Trinajstić information content (AvgIpc) is 3.16. The van der Waals surface area contributed by atoms with Gasteiger partial charge in [-0.05, 0) is 110 Å². The van der Waals surface area contributed by atoms with Gasteiger partial charge in [-0.2, -0.15) is 26.3 Å². The normalized spacial score (nSPS) is 13.7. The Bertz CT molecular complexity index is 1990. The van der Waals surface area contributed by atoms with E-state index in [1.807, 2.05) is 0 Å². The van der Waals surface area contributed by atoms with Crippen LogP contribution in [0, 0.1) is 0 Å². The summed E-state index contributed by atoms with van der Waals surface area (Å²) < 4.78 is 109. The molecule has 3 aromatic carbocycles. The summed E-state index contributed by atoms with van der Waals surface area (Å²) in [6.07, 6.45) is -15.9. The van der Waals surface area contributed by atoms with E-state index >= 15 is 0 Å². The number of rotatable bonds is 22. The molecule has 336 valence electrons. The van der Waals surface area contributed by atoms with E-state index in [4.69, 9.17) is 46.3 Å². The number of benzene rings is 3. The quantitative estimate of drug-likeness (QED) is 0.0311. The van der Waals surface area contributed by atoms with E-state index in [1.165, 1.54) is 60.7 Å². The largest absolute Gasteiger partial charge is 0.545 e. The molecule has 0 fully saturated rings. The van der Waals surface area contributed by atoms with Crippen LogP contribution in [0.4, 0.5) is 46.4 Å². The van der Waals surface area contributed by atoms with E-state index in [0.717, 1.165) is 36.4 Å². The van der Waals surface area contributed by atoms with Crippen molar-refractivity contribution >= 4 is 54.4 Å². The number of aliphatic carboxylic acids is 2. The number of anilines is 1. The van der Waals surface area contributed by atoms with Gasteiger partial charge in [0.15, 0.2) is 0 Å². The topological polar surface area (TPSA) is 251 Å². The molecule has 0 saturated carbocycles. The molecule has 0 aliphatic heterocycles. The second-order valence-electron chi connectivity index (χ2n) is 12.5. The van der Waals surface area contributed by atoms with Crippen molar-refractivity contribution in [3.8, 4) is 17.2 Å². The van der Waals surface area contributed by atoms with Crippen LogP contribution in [0.2, 0.25) is 0 Å². The second-order valence-corrected chi connectivity index (χ2v) is 15.3. The highest BCUT2D eigenvalue weighted by molar-refractivity contribution is 8.08. The number of hydrogen-bond acceptors (Lipinski definition) is 14. The minimum absolute atomic E-state index is 0.0518. The van der Waals surface area contributed by atoms with E-state index in [-0.39, 0.29) is 35.8 Å². The van der Waals surface area contributed by atoms with Crippen LogP contribution in [0.1, 0.15) is 61.9 Å². The number of carboxylic acids is 2. The van der Waals surface area contributed by atoms with Crippen molar-refractivity contribution in [2.24, 2.45) is 11.5 Å². The molecule has 5 N–H and O–H groups in total. The lowest BCUT2D eigenvalue weighted by Crippen LogP contribution is -2.46. The van der Waals surface area contributed by atoms with Gasteiger partial charge in [-0.1, -0.05) is 36.4 Å². The lowest BCUT2D eigenvalue weighted by Gasteiger charge is -2.24. The molecule has 0 spiro atoms. The van der Waals surface area contributed by atoms with Crippen LogP contribution in [0.5, 0.6) is 17.2 Å². The second kappa shape index (κ2) is 22.9. The van der Waals surface area contributed by atoms with Gasteiger partial charge in [0.05, 0.1) is 11.9 Å². The maximum atomic E-state index is 12.9. The molecule has 3 rings (SSSR count). The van der Waals surface area contributed by atoms with Crippen LogP contribution in [0.25, 0.3) is 0 Å². The Balaban J connectivity index is 1.88. The van der Waals surface area contributed by atoms with E-state index in [2.05, 4.69) is 4.74 Å². The van der Waals surface area contributed by atoms with E-state index in [9.17, 15) is 60.5 Å². The Morgan fingerprint density at radius 3 is 1.31 bits per heavy atom. The molecule has 2 unspecified atom stereocenters. The summed E-state index contributed by atoms with van der Waals surface area (Å²) in [5.74, 6) is -2.76. The van der Waals surface area contributed by atoms with Crippen molar-refractivity contribution in [2.45, 2.75) is 69.2 Å². The van der Waals surface area contributed by atoms with Crippen LogP contribution in [0.15, 0.2) is 97.1 Å². The molecular formula is C38H36F6N3O13PS-2. The van der Waals surface area contributed by atoms with Crippen molar-refractivity contribution in [1.82, 2.24) is 0 Å². The van der Waals surface area contributed by atoms with E-state index < -0.39 is 67.6 Å². The summed E-state index contributed by atoms with van der Waals surface area (Å²) >= 11 is 5.72. The van der Waals surface area contributed by atoms with Gasteiger partial charge < -0.3 is 59.1 Å². The Kier molecular flexibility index (Phi) is 18.5. The number of primary amides is 2. The summed E-state index contributed by atoms with van der Waals surface area (Å²) in [5.41, 5.74) is 11.1. The molecule has 0 saturated heterocycles. The summed E-state index contributed by atoms with van der Waals surface area (Å²) in [7, 11) is 0. The molecule has 24 heteroatoms. The lowest BCUT2D eigenvalue weighted by molar-refractivity contribution is -0.306. The third-order valence-corrected chi connectivity index (χ3v) is 9.75. The summed E-state index contributed by atoms with van der Waals surface area (Å²) in [6.45, 7) is -4.03. The Morgan fingerprint density at radius 2 is 0.984 bits per heavy atom. The number of ether oxygens (including phenoxy) is 3. The highest BCUT2D eigenvalue weighted by atomic mass is 32.5. The standard InChI is InChI=1S/C38H38F6N3O13PS/c39-37(40,41)33(38(42,43)44)57-36(54)47-25-15-21-28(22-16-25)60-61(62,58-26-17-11-23(12-18-26)29(55-34(45)52)7-3-1-5-9-31(48)49)59-27-19-13-24(14-20-27)30(56-35(46)53)8-4-2-6-10-32(50)51/h5-6,9-22,29-30,33H,1-4,7-8H2,(H2,45,52)(H2,46,53)(H,47,54)(H,48,49)(H,50,51)/p-2. The fraction of sp³-hybridized carbons (Fsp3) is 0.289. The number of halogens is 6. The molecule has 16 nitrogen and oxygen atoms in total. The summed E-state index contributed by atoms with van der Waals surface area (Å²) in [4.78, 5) is 56.5. The van der Waals surface area contributed by atoms with Gasteiger partial charge >= 0.3 is 37.4 Å². The van der Waals surface area contributed by atoms with Crippen LogP contribution >= 0.6 is 6.72 Å². The van der Waals surface area contributed by atoms with Gasteiger partial charge in [0, 0.05) is 17.5 Å². The molecule has 2 atom stereocenters. The zero-order valence-electron chi connectivity index (χ0n) is 31.8. The van der Waals surface area contributed by atoms with Gasteiger partial charge in [0.25, 0.3) is 6.10 Å². The average molecular weight is 920 g/mol. The highest BCUT2D eigenvalue weighted by Crippen LogP contribution is 2.50. The first-order valence-electron chi connectivity index (χ1n) is 17.8. The number of alkyl halides is 6. The van der Waals surface area contributed by atoms with Crippen LogP contribution in [-0.4, -0.2) is 48.7 Å². The maximum Gasteiger partial charge on any atom is 0.490 e. The SMILES string of the molecule is NC(=O)OC(CCCC=CC(=O)[O-])c1ccc(OP(=S)(Oc2ccc(NC(=O)OC(C(F)(F)F)C(F)(F)F)cc2)Oc2ccc(C(CCCC=CC(=O)[O-])OC(N)=O)cc2)cc1. The van der Waals surface area contributed by atoms with Gasteiger partial charge in [0.1, 0.15) is 29.5 Å². The van der Waals surface area contributed by atoms with Gasteiger partial charge in [-0.25, -0.2) is 14.4 Å². The minimum Gasteiger partial charge on any atom is -0.545 e. The van der Waals surface area contributed by atoms with Crippen LogP contribution < -0.4 is 40.6 Å². The summed E-state index contributed by atoms with van der Waals surface area (Å²) in [6, 6.07) is 16.0. The monoisotopic (exact) mass is 919 g/mol. The number of amides is 3. The highest BCUT2D eigenvalue weighted by Gasteiger charge is 2.60. The number of carboxylic acid groups (broad SMARTS) is 2. The molecule has 3 aromatic rings. The molecule has 0 radical (unpaired) electrons.